The number of aromatic nitrogens is 6. The Hall–Kier alpha value is -3.47. The second-order valence-corrected chi connectivity index (χ2v) is 9.47. The third-order valence-corrected chi connectivity index (χ3v) is 7.08. The van der Waals surface area contributed by atoms with E-state index in [2.05, 4.69) is 10.4 Å². The minimum atomic E-state index is -0.729. The number of hydrogen-bond acceptors (Lipinski definition) is 4. The Balaban J connectivity index is 1.59. The molecule has 1 N–H and O–H groups in total. The topological polar surface area (TPSA) is 74.6 Å². The third-order valence-electron chi connectivity index (χ3n) is 6.53. The first kappa shape index (κ1) is 23.0. The fourth-order valence-electron chi connectivity index (χ4n) is 4.77. The van der Waals surface area contributed by atoms with Crippen molar-refractivity contribution in [2.45, 2.75) is 19.5 Å². The number of nitrogens with one attached hydrogen (secondary N) is 1. The monoisotopic (exact) mass is 529 g/mol. The van der Waals surface area contributed by atoms with Crippen LogP contribution in [-0.4, -0.2) is 35.2 Å². The summed E-state index contributed by atoms with van der Waals surface area (Å²) < 4.78 is 35.6. The molecule has 12 heteroatoms. The molecule has 0 spiro atoms. The highest BCUT2D eigenvalue weighted by molar-refractivity contribution is 6.35. The smallest absolute Gasteiger partial charge is 0.307 e. The highest BCUT2D eigenvalue weighted by Crippen LogP contribution is 2.37. The van der Waals surface area contributed by atoms with Crippen molar-refractivity contribution < 1.29 is 8.78 Å². The van der Waals surface area contributed by atoms with Gasteiger partial charge in [0.1, 0.15) is 11.4 Å². The summed E-state index contributed by atoms with van der Waals surface area (Å²) in [6.45, 7) is 3.21. The molecule has 0 aliphatic carbocycles. The van der Waals surface area contributed by atoms with E-state index in [4.69, 9.17) is 28.3 Å². The van der Waals surface area contributed by atoms with E-state index in [1.165, 1.54) is 33.7 Å². The second kappa shape index (κ2) is 8.29. The van der Waals surface area contributed by atoms with E-state index in [1.807, 2.05) is 11.6 Å². The lowest BCUT2D eigenvalue weighted by atomic mass is 10.1. The predicted molar refractivity (Wildman–Crippen MR) is 133 cm³/mol. The molecule has 1 aliphatic rings. The Morgan fingerprint density at radius 1 is 1.08 bits per heavy atom. The second-order valence-electron chi connectivity index (χ2n) is 8.66. The first-order chi connectivity index (χ1) is 17.3. The van der Waals surface area contributed by atoms with Gasteiger partial charge < -0.3 is 5.32 Å². The lowest BCUT2D eigenvalue weighted by Crippen LogP contribution is -2.33. The molecule has 1 aliphatic heterocycles. The van der Waals surface area contributed by atoms with E-state index in [-0.39, 0.29) is 21.8 Å². The third kappa shape index (κ3) is 3.32. The summed E-state index contributed by atoms with van der Waals surface area (Å²) in [6.07, 6.45) is 4.49. The summed E-state index contributed by atoms with van der Waals surface area (Å²) in [6, 6.07) is 5.98. The molecule has 2 aromatic carbocycles. The van der Waals surface area contributed by atoms with Crippen LogP contribution in [-0.2, 0) is 13.6 Å². The summed E-state index contributed by atoms with van der Waals surface area (Å²) >= 11 is 12.2. The maximum absolute atomic E-state index is 15.4. The van der Waals surface area contributed by atoms with Gasteiger partial charge in [0.05, 0.1) is 45.1 Å². The van der Waals surface area contributed by atoms with Gasteiger partial charge in [-0.2, -0.15) is 10.2 Å². The number of rotatable bonds is 3. The van der Waals surface area contributed by atoms with Gasteiger partial charge in [-0.25, -0.2) is 13.6 Å². The maximum atomic E-state index is 15.4. The average molecular weight is 530 g/mol. The fourth-order valence-corrected chi connectivity index (χ4v) is 5.26. The molecule has 36 heavy (non-hydrogen) atoms. The number of hydrogen-bond donors (Lipinski definition) is 1. The van der Waals surface area contributed by atoms with Crippen LogP contribution in [0.2, 0.25) is 10.0 Å². The van der Waals surface area contributed by atoms with Gasteiger partial charge in [0.2, 0.25) is 0 Å². The van der Waals surface area contributed by atoms with Crippen molar-refractivity contribution in [2.75, 3.05) is 6.54 Å². The van der Waals surface area contributed by atoms with Gasteiger partial charge in [0.25, 0.3) is 0 Å². The minimum Gasteiger partial charge on any atom is -0.307 e. The van der Waals surface area contributed by atoms with Crippen LogP contribution in [0.5, 0.6) is 0 Å². The first-order valence-corrected chi connectivity index (χ1v) is 11.9. The van der Waals surface area contributed by atoms with E-state index in [9.17, 15) is 9.18 Å². The van der Waals surface area contributed by atoms with Crippen LogP contribution in [0.15, 0.2) is 47.7 Å². The van der Waals surface area contributed by atoms with E-state index in [1.54, 1.807) is 30.1 Å². The molecular formula is C24H19Cl2F2N7O. The maximum Gasteiger partial charge on any atom is 0.337 e. The Morgan fingerprint density at radius 3 is 2.56 bits per heavy atom. The number of fused-ring (bicyclic) bond motifs is 2. The highest BCUT2D eigenvalue weighted by Gasteiger charge is 2.29. The van der Waals surface area contributed by atoms with Gasteiger partial charge in [0.15, 0.2) is 11.6 Å². The molecule has 1 unspecified atom stereocenters. The van der Waals surface area contributed by atoms with Gasteiger partial charge in [0, 0.05) is 37.6 Å². The lowest BCUT2D eigenvalue weighted by molar-refractivity contribution is 0.419. The highest BCUT2D eigenvalue weighted by atomic mass is 35.5. The molecule has 3 aromatic heterocycles. The number of imidazole rings is 1. The number of aryl methyl sites for hydroxylation is 1. The molecule has 184 valence electrons. The fraction of sp³-hybridized carbons (Fsp3) is 0.208. The van der Waals surface area contributed by atoms with Gasteiger partial charge in [-0.3, -0.25) is 18.5 Å². The van der Waals surface area contributed by atoms with E-state index < -0.39 is 17.3 Å². The summed E-state index contributed by atoms with van der Waals surface area (Å²) in [7, 11) is 1.72. The zero-order valence-corrected chi connectivity index (χ0v) is 20.6. The van der Waals surface area contributed by atoms with Crippen molar-refractivity contribution in [1.82, 2.24) is 34.0 Å². The van der Waals surface area contributed by atoms with Gasteiger partial charge in [-0.05, 0) is 31.2 Å². The molecule has 4 heterocycles. The zero-order valence-electron chi connectivity index (χ0n) is 19.1. The number of nitrogens with zero attached hydrogens (tertiary/aromatic N) is 6. The van der Waals surface area contributed by atoms with Crippen LogP contribution in [0.4, 0.5) is 8.78 Å². The molecule has 1 atom stereocenters. The summed E-state index contributed by atoms with van der Waals surface area (Å²) in [5, 5.41) is 12.2. The summed E-state index contributed by atoms with van der Waals surface area (Å²) in [5.41, 5.74) is 2.33. The van der Waals surface area contributed by atoms with Crippen molar-refractivity contribution in [3.05, 3.63) is 80.7 Å². The predicted octanol–water partition coefficient (Wildman–Crippen LogP) is 4.63. The van der Waals surface area contributed by atoms with E-state index in [0.29, 0.717) is 40.9 Å². The molecular weight excluding hydrogens is 511 g/mol. The average Bonchev–Trinajstić information content (AvgIpc) is 3.53. The van der Waals surface area contributed by atoms with Crippen molar-refractivity contribution in [3.8, 4) is 22.6 Å². The normalized spacial score (nSPS) is 15.6. The molecule has 0 radical (unpaired) electrons. The largest absolute Gasteiger partial charge is 0.337 e. The van der Waals surface area contributed by atoms with Crippen molar-refractivity contribution >= 4 is 34.1 Å². The van der Waals surface area contributed by atoms with Crippen LogP contribution in [0, 0.1) is 11.6 Å². The lowest BCUT2D eigenvalue weighted by Gasteiger charge is -2.23. The molecule has 0 saturated carbocycles. The van der Waals surface area contributed by atoms with Crippen molar-refractivity contribution in [2.24, 2.45) is 7.05 Å². The van der Waals surface area contributed by atoms with E-state index in [0.717, 1.165) is 5.69 Å². The minimum absolute atomic E-state index is 0.0980. The van der Waals surface area contributed by atoms with Crippen molar-refractivity contribution in [1.29, 1.82) is 0 Å². The van der Waals surface area contributed by atoms with Crippen LogP contribution >= 0.6 is 23.2 Å². The molecule has 6 rings (SSSR count). The van der Waals surface area contributed by atoms with Gasteiger partial charge in [-0.1, -0.05) is 23.2 Å². The number of halogens is 4. The molecule has 0 amide bonds. The van der Waals surface area contributed by atoms with Crippen molar-refractivity contribution in [3.63, 3.8) is 0 Å². The van der Waals surface area contributed by atoms with Gasteiger partial charge >= 0.3 is 5.69 Å². The van der Waals surface area contributed by atoms with Gasteiger partial charge in [-0.15, -0.1) is 0 Å². The first-order valence-electron chi connectivity index (χ1n) is 11.2. The Kier molecular flexibility index (Phi) is 5.29. The van der Waals surface area contributed by atoms with E-state index >= 15 is 4.39 Å². The molecule has 0 bridgehead atoms. The standard InChI is InChI=1S/C24H19Cl2F2N7O/c1-12-22-23(21(31-35(22)6-5-29-12)13-9-15(25)20(28)16(26)10-13)34-8-7-33(24(34)36)18-4-3-17-14(19(18)27)11-30-32(17)2/h3-4,7-12,29H,5-6H2,1-2H3. The number of benzene rings is 2. The Morgan fingerprint density at radius 2 is 1.81 bits per heavy atom. The molecule has 8 nitrogen and oxygen atoms in total. The quantitative estimate of drug-likeness (QED) is 0.346. The molecule has 0 saturated heterocycles. The van der Waals surface area contributed by atoms with Crippen LogP contribution in [0.25, 0.3) is 33.5 Å². The zero-order chi connectivity index (χ0) is 25.3. The summed E-state index contributed by atoms with van der Waals surface area (Å²) in [4.78, 5) is 13.7. The SMILES string of the molecule is CC1NCCn2nc(-c3cc(Cl)c(F)c(Cl)c3)c(-n3ccn(-c4ccc5c(cnn5C)c4F)c3=O)c21. The Bertz CT molecular complexity index is 1710. The van der Waals surface area contributed by atoms with Crippen LogP contribution in [0.1, 0.15) is 18.7 Å². The molecule has 0 fully saturated rings. The van der Waals surface area contributed by atoms with Crippen LogP contribution in [0.3, 0.4) is 0 Å². The molecule has 5 aromatic rings. The Labute approximate surface area is 213 Å². The van der Waals surface area contributed by atoms with Crippen LogP contribution < -0.4 is 11.0 Å². The summed E-state index contributed by atoms with van der Waals surface area (Å²) in [5.74, 6) is -1.28.